The second kappa shape index (κ2) is 11.7. The molecule has 0 aliphatic carbocycles. The van der Waals surface area contributed by atoms with Gasteiger partial charge in [0.05, 0.1) is 52.8 Å². The van der Waals surface area contributed by atoms with Gasteiger partial charge < -0.3 is 14.4 Å². The number of pyridine rings is 3. The highest BCUT2D eigenvalue weighted by atomic mass is 35.5. The van der Waals surface area contributed by atoms with Crippen molar-refractivity contribution in [2.24, 2.45) is 0 Å². The molecule has 4 rings (SSSR count). The van der Waals surface area contributed by atoms with Gasteiger partial charge in [-0.25, -0.2) is 23.7 Å². The van der Waals surface area contributed by atoms with Crippen molar-refractivity contribution >= 4 is 41.4 Å². The van der Waals surface area contributed by atoms with Crippen molar-refractivity contribution < 1.29 is 22.4 Å². The average Bonchev–Trinajstić information content (AvgIpc) is 2.91. The van der Waals surface area contributed by atoms with Gasteiger partial charge in [-0.15, -0.1) is 0 Å². The molecule has 0 spiro atoms. The highest BCUT2D eigenvalue weighted by Crippen LogP contribution is 2.46. The Kier molecular flexibility index (Phi) is 8.57. The van der Waals surface area contributed by atoms with E-state index in [1.165, 1.54) is 42.6 Å². The molecular weight excluding hydrogens is 547 g/mol. The van der Waals surface area contributed by atoms with Gasteiger partial charge in [0.2, 0.25) is 0 Å². The number of benzene rings is 1. The number of anilines is 1. The Morgan fingerprint density at radius 1 is 1.10 bits per heavy atom. The predicted molar refractivity (Wildman–Crippen MR) is 146 cm³/mol. The molecule has 0 bridgehead atoms. The molecular formula is C27H25ClF2N5O3P. The van der Waals surface area contributed by atoms with E-state index < -0.39 is 25.3 Å². The van der Waals surface area contributed by atoms with Gasteiger partial charge in [-0.05, 0) is 58.0 Å². The third kappa shape index (κ3) is 5.77. The van der Waals surface area contributed by atoms with Crippen molar-refractivity contribution in [2.75, 3.05) is 18.5 Å². The number of nitrogens with one attached hydrogen (secondary N) is 1. The summed E-state index contributed by atoms with van der Waals surface area (Å²) in [6.45, 7) is 7.08. The predicted octanol–water partition coefficient (Wildman–Crippen LogP) is 6.87. The Balaban J connectivity index is 1.79. The number of hydrogen-bond donors (Lipinski definition) is 1. The molecule has 3 aromatic heterocycles. The third-order valence-corrected chi connectivity index (χ3v) is 8.35. The zero-order valence-corrected chi connectivity index (χ0v) is 23.3. The molecule has 0 aliphatic rings. The normalized spacial score (nSPS) is 12.4. The van der Waals surface area contributed by atoms with Crippen molar-refractivity contribution in [2.45, 2.75) is 33.7 Å². The zero-order chi connectivity index (χ0) is 28.3. The Labute approximate surface area is 229 Å². The molecule has 0 fully saturated rings. The van der Waals surface area contributed by atoms with Crippen LogP contribution >= 0.6 is 19.2 Å². The molecule has 0 saturated carbocycles. The molecule has 12 heteroatoms. The van der Waals surface area contributed by atoms with E-state index in [0.29, 0.717) is 22.5 Å². The molecule has 4 aromatic rings. The molecule has 0 radical (unpaired) electrons. The molecule has 8 nitrogen and oxygen atoms in total. The number of aromatic nitrogens is 3. The summed E-state index contributed by atoms with van der Waals surface area (Å²) in [6, 6.07) is 9.64. The van der Waals surface area contributed by atoms with E-state index in [1.807, 2.05) is 6.07 Å². The van der Waals surface area contributed by atoms with Crippen LogP contribution in [0.3, 0.4) is 0 Å². The van der Waals surface area contributed by atoms with Crippen molar-refractivity contribution in [3.8, 4) is 17.3 Å². The van der Waals surface area contributed by atoms with Crippen molar-refractivity contribution in [1.82, 2.24) is 15.0 Å². The Morgan fingerprint density at radius 2 is 1.82 bits per heavy atom. The molecule has 1 atom stereocenters. The van der Waals surface area contributed by atoms with Crippen LogP contribution in [-0.4, -0.2) is 28.2 Å². The fourth-order valence-corrected chi connectivity index (χ4v) is 5.70. The summed E-state index contributed by atoms with van der Waals surface area (Å²) >= 11 is 6.59. The van der Waals surface area contributed by atoms with E-state index in [-0.39, 0.29) is 46.0 Å². The van der Waals surface area contributed by atoms with Gasteiger partial charge in [-0.2, -0.15) is 5.26 Å². The number of nitriles is 1. The van der Waals surface area contributed by atoms with Gasteiger partial charge in [-0.3, -0.25) is 4.57 Å². The van der Waals surface area contributed by atoms with Crippen LogP contribution in [0, 0.1) is 29.9 Å². The molecule has 0 saturated heterocycles. The lowest BCUT2D eigenvalue weighted by molar-refractivity contribution is 0.229. The quantitative estimate of drug-likeness (QED) is 0.217. The van der Waals surface area contributed by atoms with Crippen LogP contribution in [0.2, 0.25) is 5.02 Å². The second-order valence-corrected chi connectivity index (χ2v) is 10.9. The number of halogens is 3. The highest BCUT2D eigenvalue weighted by Gasteiger charge is 2.28. The van der Waals surface area contributed by atoms with Crippen LogP contribution < -0.4 is 10.8 Å². The standard InChI is InChI=1S/C27H25ClF2N5O3P/c1-5-37-39(36,38-6-2)23-10-8-18(14-32-23)25-21(30)12-22-26(35-25)27(24(28)16(4)33-22)34-15(3)19-11-17(13-31)7-9-20(19)29/h7-12,14-15H,5-6H2,1-4H3,(H,33,34). The van der Waals surface area contributed by atoms with Gasteiger partial charge in [0.25, 0.3) is 0 Å². The van der Waals surface area contributed by atoms with Crippen molar-refractivity contribution in [3.05, 3.63) is 76.1 Å². The summed E-state index contributed by atoms with van der Waals surface area (Å²) in [5.41, 5.74) is 2.16. The largest absolute Gasteiger partial charge is 0.379 e. The molecule has 1 unspecified atom stereocenters. The Morgan fingerprint density at radius 3 is 2.44 bits per heavy atom. The van der Waals surface area contributed by atoms with E-state index in [4.69, 9.17) is 20.6 Å². The van der Waals surface area contributed by atoms with Crippen LogP contribution in [0.5, 0.6) is 0 Å². The number of nitrogens with zero attached hydrogens (tertiary/aromatic N) is 4. The smallest absolute Gasteiger partial charge is 0.375 e. The second-order valence-electron chi connectivity index (χ2n) is 8.52. The SMILES string of the molecule is CCOP(=O)(OCC)c1ccc(-c2nc3c(NC(C)c4cc(C#N)ccc4F)c(Cl)c(C)nc3cc2F)cn1. The first-order valence-corrected chi connectivity index (χ1v) is 14.0. The monoisotopic (exact) mass is 571 g/mol. The lowest BCUT2D eigenvalue weighted by Crippen LogP contribution is -2.14. The van der Waals surface area contributed by atoms with Crippen LogP contribution in [0.1, 0.15) is 43.6 Å². The topological polar surface area (TPSA) is 110 Å². The number of rotatable bonds is 9. The van der Waals surface area contributed by atoms with E-state index >= 15 is 4.39 Å². The van der Waals surface area contributed by atoms with Crippen LogP contribution in [-0.2, 0) is 13.6 Å². The first-order chi connectivity index (χ1) is 18.6. The summed E-state index contributed by atoms with van der Waals surface area (Å²) in [5, 5.41) is 12.6. The summed E-state index contributed by atoms with van der Waals surface area (Å²) < 4.78 is 53.5. The van der Waals surface area contributed by atoms with Crippen LogP contribution in [0.25, 0.3) is 22.3 Å². The molecule has 202 valence electrons. The Hall–Kier alpha value is -3.48. The first kappa shape index (κ1) is 28.5. The fraction of sp³-hybridized carbons (Fsp3) is 0.259. The van der Waals surface area contributed by atoms with Crippen LogP contribution in [0.15, 0.2) is 42.6 Å². The Bertz CT molecular complexity index is 1620. The zero-order valence-electron chi connectivity index (χ0n) is 21.6. The highest BCUT2D eigenvalue weighted by molar-refractivity contribution is 7.61. The minimum Gasteiger partial charge on any atom is -0.375 e. The van der Waals surface area contributed by atoms with E-state index in [9.17, 15) is 14.2 Å². The number of aryl methyl sites for hydroxylation is 1. The van der Waals surface area contributed by atoms with E-state index in [2.05, 4.69) is 20.3 Å². The molecule has 0 aliphatic heterocycles. The summed E-state index contributed by atoms with van der Waals surface area (Å²) in [6.07, 6.45) is 1.33. The van der Waals surface area contributed by atoms with Crippen molar-refractivity contribution in [3.63, 3.8) is 0 Å². The van der Waals surface area contributed by atoms with Gasteiger partial charge in [0.1, 0.15) is 17.0 Å². The third-order valence-electron chi connectivity index (χ3n) is 5.87. The lowest BCUT2D eigenvalue weighted by atomic mass is 10.0. The average molecular weight is 572 g/mol. The molecule has 0 amide bonds. The number of hydrogen-bond acceptors (Lipinski definition) is 8. The van der Waals surface area contributed by atoms with Crippen molar-refractivity contribution in [1.29, 1.82) is 5.26 Å². The maximum Gasteiger partial charge on any atom is 0.379 e. The molecule has 1 aromatic carbocycles. The van der Waals surface area contributed by atoms with E-state index in [1.54, 1.807) is 27.7 Å². The molecule has 1 N–H and O–H groups in total. The minimum atomic E-state index is -3.62. The van der Waals surface area contributed by atoms with E-state index in [0.717, 1.165) is 0 Å². The summed E-state index contributed by atoms with van der Waals surface area (Å²) in [5.74, 6) is -1.15. The van der Waals surface area contributed by atoms with Gasteiger partial charge in [0, 0.05) is 23.4 Å². The van der Waals surface area contributed by atoms with Gasteiger partial charge in [-0.1, -0.05) is 11.6 Å². The lowest BCUT2D eigenvalue weighted by Gasteiger charge is -2.20. The summed E-state index contributed by atoms with van der Waals surface area (Å²) in [7, 11) is -3.62. The minimum absolute atomic E-state index is 0.0423. The van der Waals surface area contributed by atoms with Crippen LogP contribution in [0.4, 0.5) is 14.5 Å². The summed E-state index contributed by atoms with van der Waals surface area (Å²) in [4.78, 5) is 13.1. The fourth-order valence-electron chi connectivity index (χ4n) is 4.03. The first-order valence-electron chi connectivity index (χ1n) is 12.1. The molecule has 3 heterocycles. The maximum atomic E-state index is 15.2. The maximum absolute atomic E-state index is 15.2. The number of fused-ring (bicyclic) bond motifs is 1. The van der Waals surface area contributed by atoms with Gasteiger partial charge >= 0.3 is 7.60 Å². The molecule has 39 heavy (non-hydrogen) atoms. The van der Waals surface area contributed by atoms with Gasteiger partial charge in [0.15, 0.2) is 11.3 Å².